The molecule has 1 aromatic rings. The summed E-state index contributed by atoms with van der Waals surface area (Å²) >= 11 is 5.66. The highest BCUT2D eigenvalue weighted by molar-refractivity contribution is 6.33. The van der Waals surface area contributed by atoms with E-state index in [-0.39, 0.29) is 16.7 Å². The second-order valence-corrected chi connectivity index (χ2v) is 2.75. The zero-order chi connectivity index (χ0) is 11.3. The zero-order valence-electron chi connectivity index (χ0n) is 7.44. The van der Waals surface area contributed by atoms with Gasteiger partial charge in [0.1, 0.15) is 5.15 Å². The topological polar surface area (TPSA) is 104 Å². The molecule has 0 aliphatic heterocycles. The van der Waals surface area contributed by atoms with Gasteiger partial charge in [0.05, 0.1) is 5.56 Å². The van der Waals surface area contributed by atoms with Crippen LogP contribution >= 0.6 is 11.6 Å². The number of pyridine rings is 1. The first kappa shape index (κ1) is 10.9. The molecule has 1 rings (SSSR count). The van der Waals surface area contributed by atoms with Gasteiger partial charge in [-0.15, -0.1) is 4.99 Å². The van der Waals surface area contributed by atoms with Gasteiger partial charge in [-0.25, -0.2) is 4.98 Å². The van der Waals surface area contributed by atoms with Gasteiger partial charge in [0.15, 0.2) is 0 Å². The van der Waals surface area contributed by atoms with Crippen molar-refractivity contribution in [2.24, 2.45) is 10.7 Å². The number of nitrogens with two attached hydrogens (primary N) is 1. The van der Waals surface area contributed by atoms with Gasteiger partial charge in [0, 0.05) is 6.20 Å². The van der Waals surface area contributed by atoms with Gasteiger partial charge in [-0.1, -0.05) is 11.6 Å². The lowest BCUT2D eigenvalue weighted by Crippen LogP contribution is -2.36. The lowest BCUT2D eigenvalue weighted by molar-refractivity contribution is 0.0976. The summed E-state index contributed by atoms with van der Waals surface area (Å²) in [5, 5.41) is 10.4. The van der Waals surface area contributed by atoms with Crippen LogP contribution < -0.4 is 11.1 Å². The minimum Gasteiger partial charge on any atom is -0.369 e. The molecule has 0 spiro atoms. The highest BCUT2D eigenvalue weighted by atomic mass is 35.5. The predicted molar refractivity (Wildman–Crippen MR) is 53.9 cm³/mol. The van der Waals surface area contributed by atoms with E-state index in [0.29, 0.717) is 0 Å². The molecule has 0 saturated carbocycles. The van der Waals surface area contributed by atoms with Crippen LogP contribution in [-0.2, 0) is 0 Å². The monoisotopic (exact) mass is 223 g/mol. The molecule has 15 heavy (non-hydrogen) atoms. The van der Waals surface area contributed by atoms with Gasteiger partial charge in [0.2, 0.25) is 12.2 Å². The first-order valence-electron chi connectivity index (χ1n) is 3.79. The highest BCUT2D eigenvalue weighted by Crippen LogP contribution is 2.10. The molecule has 0 bridgehead atoms. The standard InChI is InChI=1S/C8H6ClN5O/c9-6-5(2-1-3-12-6)7(15)14-8(11)13-4-10/h1-3H,(H3,11,13,14,15). The van der Waals surface area contributed by atoms with Crippen molar-refractivity contribution < 1.29 is 4.79 Å². The summed E-state index contributed by atoms with van der Waals surface area (Å²) < 4.78 is 0. The second kappa shape index (κ2) is 4.93. The number of nitrogens with zero attached hydrogens (tertiary/aromatic N) is 3. The van der Waals surface area contributed by atoms with Crippen molar-refractivity contribution in [1.82, 2.24) is 10.3 Å². The molecule has 1 amide bonds. The van der Waals surface area contributed by atoms with E-state index in [9.17, 15) is 4.79 Å². The molecule has 0 aromatic carbocycles. The largest absolute Gasteiger partial charge is 0.369 e. The van der Waals surface area contributed by atoms with Crippen molar-refractivity contribution in [2.75, 3.05) is 0 Å². The van der Waals surface area contributed by atoms with Gasteiger partial charge < -0.3 is 5.73 Å². The smallest absolute Gasteiger partial charge is 0.261 e. The van der Waals surface area contributed by atoms with Crippen LogP contribution in [0.5, 0.6) is 0 Å². The number of hydrogen-bond acceptors (Lipinski definition) is 4. The molecule has 6 nitrogen and oxygen atoms in total. The zero-order valence-corrected chi connectivity index (χ0v) is 8.19. The molecule has 0 aliphatic carbocycles. The normalized spacial score (nSPS) is 10.5. The van der Waals surface area contributed by atoms with Crippen molar-refractivity contribution in [3.8, 4) is 6.19 Å². The number of rotatable bonds is 1. The summed E-state index contributed by atoms with van der Waals surface area (Å²) in [7, 11) is 0. The van der Waals surface area contributed by atoms with Crippen LogP contribution in [0.3, 0.4) is 0 Å². The molecule has 7 heteroatoms. The minimum absolute atomic E-state index is 0.0553. The minimum atomic E-state index is -0.565. The van der Waals surface area contributed by atoms with E-state index in [1.165, 1.54) is 18.5 Å². The van der Waals surface area contributed by atoms with Gasteiger partial charge >= 0.3 is 0 Å². The van der Waals surface area contributed by atoms with Gasteiger partial charge in [-0.05, 0) is 12.1 Å². The Labute approximate surface area is 90.4 Å². The number of nitrogens with one attached hydrogen (secondary N) is 1. The van der Waals surface area contributed by atoms with Crippen LogP contribution in [0.25, 0.3) is 0 Å². The molecule has 1 aromatic heterocycles. The number of carbonyl (C=O) groups excluding carboxylic acids is 1. The van der Waals surface area contributed by atoms with Crippen molar-refractivity contribution in [1.29, 1.82) is 5.26 Å². The number of guanidine groups is 1. The molecule has 0 atom stereocenters. The molecule has 1 heterocycles. The summed E-state index contributed by atoms with van der Waals surface area (Å²) in [6.45, 7) is 0. The summed E-state index contributed by atoms with van der Waals surface area (Å²) in [6.07, 6.45) is 2.89. The third kappa shape index (κ3) is 2.93. The van der Waals surface area contributed by atoms with Crippen LogP contribution in [-0.4, -0.2) is 16.9 Å². The van der Waals surface area contributed by atoms with E-state index in [1.807, 2.05) is 0 Å². The van der Waals surface area contributed by atoms with Crippen LogP contribution in [0.2, 0.25) is 5.15 Å². The van der Waals surface area contributed by atoms with E-state index in [1.54, 1.807) is 6.07 Å². The Morgan fingerprint density at radius 3 is 3.07 bits per heavy atom. The average molecular weight is 224 g/mol. The van der Waals surface area contributed by atoms with Gasteiger partial charge in [-0.2, -0.15) is 5.26 Å². The Bertz CT molecular complexity index is 451. The van der Waals surface area contributed by atoms with E-state index < -0.39 is 5.91 Å². The fraction of sp³-hybridized carbons (Fsp3) is 0. The second-order valence-electron chi connectivity index (χ2n) is 2.39. The lowest BCUT2D eigenvalue weighted by atomic mass is 10.3. The molecule has 0 fully saturated rings. The molecular formula is C8H6ClN5O. The van der Waals surface area contributed by atoms with E-state index in [0.717, 1.165) is 0 Å². The maximum absolute atomic E-state index is 11.4. The van der Waals surface area contributed by atoms with E-state index in [2.05, 4.69) is 15.3 Å². The van der Waals surface area contributed by atoms with Crippen molar-refractivity contribution in [3.05, 3.63) is 29.0 Å². The SMILES string of the molecule is N#CN=C(N)NC(=O)c1cccnc1Cl. The number of aromatic nitrogens is 1. The maximum atomic E-state index is 11.4. The number of amides is 1. The third-order valence-electron chi connectivity index (χ3n) is 1.42. The average Bonchev–Trinajstić information content (AvgIpc) is 2.18. The van der Waals surface area contributed by atoms with E-state index in [4.69, 9.17) is 22.6 Å². The third-order valence-corrected chi connectivity index (χ3v) is 1.72. The van der Waals surface area contributed by atoms with Gasteiger partial charge in [0.25, 0.3) is 5.91 Å². The molecule has 3 N–H and O–H groups in total. The first-order chi connectivity index (χ1) is 7.15. The summed E-state index contributed by atoms with van der Waals surface area (Å²) in [5.74, 6) is -0.855. The lowest BCUT2D eigenvalue weighted by Gasteiger charge is -2.03. The fourth-order valence-electron chi connectivity index (χ4n) is 0.821. The van der Waals surface area contributed by atoms with Crippen molar-refractivity contribution in [2.45, 2.75) is 0 Å². The summed E-state index contributed by atoms with van der Waals surface area (Å²) in [6, 6.07) is 3.03. The number of carbonyl (C=O) groups is 1. The summed E-state index contributed by atoms with van der Waals surface area (Å²) in [4.78, 5) is 18.3. The number of hydrogen-bond donors (Lipinski definition) is 2. The van der Waals surface area contributed by atoms with Crippen LogP contribution in [0.4, 0.5) is 0 Å². The Kier molecular flexibility index (Phi) is 3.60. The summed E-state index contributed by atoms with van der Waals surface area (Å²) in [5.41, 5.74) is 5.37. The molecule has 0 radical (unpaired) electrons. The molecule has 0 saturated heterocycles. The highest BCUT2D eigenvalue weighted by Gasteiger charge is 2.10. The number of nitriles is 1. The molecule has 0 unspecified atom stereocenters. The molecule has 76 valence electrons. The van der Waals surface area contributed by atoms with Crippen LogP contribution in [0.15, 0.2) is 23.3 Å². The quantitative estimate of drug-likeness (QED) is 0.308. The molecule has 0 aliphatic rings. The number of aliphatic imine (C=N–C) groups is 1. The van der Waals surface area contributed by atoms with Crippen LogP contribution in [0.1, 0.15) is 10.4 Å². The van der Waals surface area contributed by atoms with Crippen molar-refractivity contribution in [3.63, 3.8) is 0 Å². The first-order valence-corrected chi connectivity index (χ1v) is 4.17. The van der Waals surface area contributed by atoms with Crippen molar-refractivity contribution >= 4 is 23.5 Å². The van der Waals surface area contributed by atoms with E-state index >= 15 is 0 Å². The van der Waals surface area contributed by atoms with Gasteiger partial charge in [-0.3, -0.25) is 10.1 Å². The number of halogens is 1. The Hall–Kier alpha value is -2.13. The Balaban J connectivity index is 2.84. The Morgan fingerprint density at radius 1 is 1.73 bits per heavy atom. The Morgan fingerprint density at radius 2 is 2.47 bits per heavy atom. The van der Waals surface area contributed by atoms with Crippen LogP contribution in [0, 0.1) is 11.5 Å². The predicted octanol–water partition coefficient (Wildman–Crippen LogP) is 0.261. The molecular weight excluding hydrogens is 218 g/mol. The maximum Gasteiger partial charge on any atom is 0.261 e. The fourth-order valence-corrected chi connectivity index (χ4v) is 1.03.